The number of nitrogens with one attached hydrogen (secondary N) is 1. The second kappa shape index (κ2) is 6.49. The summed E-state index contributed by atoms with van der Waals surface area (Å²) in [6, 6.07) is 11.3. The van der Waals surface area contributed by atoms with Crippen molar-refractivity contribution in [2.45, 2.75) is 24.1 Å². The van der Waals surface area contributed by atoms with Gasteiger partial charge in [0.05, 0.1) is 0 Å². The summed E-state index contributed by atoms with van der Waals surface area (Å²) in [5.74, 6) is 0. The van der Waals surface area contributed by atoms with E-state index in [1.165, 1.54) is 16.9 Å². The van der Waals surface area contributed by atoms with Crippen LogP contribution in [0.1, 0.15) is 16.0 Å². The molecule has 1 heterocycles. The fourth-order valence-corrected chi connectivity index (χ4v) is 4.21. The zero-order chi connectivity index (χ0) is 14.6. The quantitative estimate of drug-likeness (QED) is 0.857. The van der Waals surface area contributed by atoms with Crippen LogP contribution < -0.4 is 10.5 Å². The molecule has 1 aromatic heterocycles. The second-order valence-electron chi connectivity index (χ2n) is 4.50. The van der Waals surface area contributed by atoms with E-state index < -0.39 is 10.0 Å². The number of hydrogen-bond acceptors (Lipinski definition) is 4. The first-order valence-electron chi connectivity index (χ1n) is 6.36. The molecule has 2 rings (SSSR count). The summed E-state index contributed by atoms with van der Waals surface area (Å²) in [6.45, 7) is 2.78. The number of thiophene rings is 1. The van der Waals surface area contributed by atoms with E-state index >= 15 is 0 Å². The standard InChI is InChI=1S/C14H18N2O2S2/c1-11-4-2-3-5-12(11)8-9-16-20(17,18)14-7-6-13(10-15)19-14/h2-7,16H,8-10,15H2,1H3. The first-order chi connectivity index (χ1) is 9.53. The Morgan fingerprint density at radius 2 is 1.95 bits per heavy atom. The van der Waals surface area contributed by atoms with E-state index in [0.717, 1.165) is 10.4 Å². The van der Waals surface area contributed by atoms with Gasteiger partial charge in [0, 0.05) is 18.0 Å². The summed E-state index contributed by atoms with van der Waals surface area (Å²) in [6.07, 6.45) is 0.682. The maximum Gasteiger partial charge on any atom is 0.250 e. The molecule has 0 saturated carbocycles. The molecule has 3 N–H and O–H groups in total. The van der Waals surface area contributed by atoms with Crippen molar-refractivity contribution in [2.24, 2.45) is 5.73 Å². The molecule has 0 unspecified atom stereocenters. The van der Waals surface area contributed by atoms with Crippen LogP contribution in [-0.2, 0) is 23.0 Å². The Bertz CT molecular complexity index is 678. The highest BCUT2D eigenvalue weighted by molar-refractivity contribution is 7.91. The lowest BCUT2D eigenvalue weighted by Gasteiger charge is -2.07. The fraction of sp³-hybridized carbons (Fsp3) is 0.286. The number of hydrogen-bond donors (Lipinski definition) is 2. The summed E-state index contributed by atoms with van der Waals surface area (Å²) in [4.78, 5) is 0.865. The van der Waals surface area contributed by atoms with Crippen LogP contribution in [-0.4, -0.2) is 15.0 Å². The summed E-state index contributed by atoms with van der Waals surface area (Å²) in [5, 5.41) is 0. The Balaban J connectivity index is 1.98. The van der Waals surface area contributed by atoms with Crippen LogP contribution in [0.3, 0.4) is 0 Å². The average molecular weight is 310 g/mol. The lowest BCUT2D eigenvalue weighted by molar-refractivity contribution is 0.583. The molecule has 0 fully saturated rings. The van der Waals surface area contributed by atoms with Gasteiger partial charge >= 0.3 is 0 Å². The molecule has 20 heavy (non-hydrogen) atoms. The molecule has 0 radical (unpaired) electrons. The van der Waals surface area contributed by atoms with Crippen LogP contribution in [0.25, 0.3) is 0 Å². The van der Waals surface area contributed by atoms with E-state index in [4.69, 9.17) is 5.73 Å². The van der Waals surface area contributed by atoms with Gasteiger partial charge in [-0.1, -0.05) is 24.3 Å². The van der Waals surface area contributed by atoms with Gasteiger partial charge in [0.1, 0.15) is 4.21 Å². The Morgan fingerprint density at radius 3 is 2.60 bits per heavy atom. The highest BCUT2D eigenvalue weighted by Crippen LogP contribution is 2.20. The van der Waals surface area contributed by atoms with Gasteiger partial charge in [-0.15, -0.1) is 11.3 Å². The van der Waals surface area contributed by atoms with Crippen LogP contribution in [0.5, 0.6) is 0 Å². The number of benzene rings is 1. The van der Waals surface area contributed by atoms with Crippen LogP contribution in [0.15, 0.2) is 40.6 Å². The molecule has 0 amide bonds. The zero-order valence-electron chi connectivity index (χ0n) is 11.3. The van der Waals surface area contributed by atoms with Crippen molar-refractivity contribution in [1.82, 2.24) is 4.72 Å². The lowest BCUT2D eigenvalue weighted by Crippen LogP contribution is -2.25. The molecule has 108 valence electrons. The van der Waals surface area contributed by atoms with Crippen molar-refractivity contribution in [3.63, 3.8) is 0 Å². The molecular weight excluding hydrogens is 292 g/mol. The third kappa shape index (κ3) is 3.67. The Morgan fingerprint density at radius 1 is 1.20 bits per heavy atom. The number of aryl methyl sites for hydroxylation is 1. The topological polar surface area (TPSA) is 72.2 Å². The smallest absolute Gasteiger partial charge is 0.250 e. The molecule has 1 aromatic carbocycles. The lowest BCUT2D eigenvalue weighted by atomic mass is 10.1. The largest absolute Gasteiger partial charge is 0.326 e. The minimum atomic E-state index is -3.42. The molecule has 0 spiro atoms. The molecule has 0 aliphatic heterocycles. The van der Waals surface area contributed by atoms with Crippen molar-refractivity contribution >= 4 is 21.4 Å². The molecule has 0 atom stereocenters. The molecule has 0 aliphatic carbocycles. The van der Waals surface area contributed by atoms with Crippen LogP contribution in [0.2, 0.25) is 0 Å². The molecule has 6 heteroatoms. The predicted molar refractivity (Wildman–Crippen MR) is 82.3 cm³/mol. The maximum atomic E-state index is 12.1. The van der Waals surface area contributed by atoms with Crippen molar-refractivity contribution < 1.29 is 8.42 Å². The Hall–Kier alpha value is -1.21. The second-order valence-corrected chi connectivity index (χ2v) is 7.66. The minimum Gasteiger partial charge on any atom is -0.326 e. The van der Waals surface area contributed by atoms with Crippen molar-refractivity contribution in [1.29, 1.82) is 0 Å². The SMILES string of the molecule is Cc1ccccc1CCNS(=O)(=O)c1ccc(CN)s1. The Kier molecular flexibility index (Phi) is 4.93. The number of nitrogens with two attached hydrogens (primary N) is 1. The molecule has 0 aliphatic rings. The third-order valence-electron chi connectivity index (χ3n) is 3.05. The normalized spacial score (nSPS) is 11.7. The zero-order valence-corrected chi connectivity index (χ0v) is 12.9. The number of sulfonamides is 1. The maximum absolute atomic E-state index is 12.1. The van der Waals surface area contributed by atoms with E-state index in [-0.39, 0.29) is 0 Å². The van der Waals surface area contributed by atoms with E-state index in [1.807, 2.05) is 31.2 Å². The van der Waals surface area contributed by atoms with Gasteiger partial charge in [0.2, 0.25) is 10.0 Å². The van der Waals surface area contributed by atoms with E-state index in [1.54, 1.807) is 12.1 Å². The van der Waals surface area contributed by atoms with Crippen molar-refractivity contribution in [3.8, 4) is 0 Å². The highest BCUT2D eigenvalue weighted by Gasteiger charge is 2.15. The highest BCUT2D eigenvalue weighted by atomic mass is 32.2. The van der Waals surface area contributed by atoms with Gasteiger partial charge in [0.25, 0.3) is 0 Å². The van der Waals surface area contributed by atoms with Crippen molar-refractivity contribution in [2.75, 3.05) is 6.54 Å². The molecule has 2 aromatic rings. The summed E-state index contributed by atoms with van der Waals surface area (Å²) in [5.41, 5.74) is 7.83. The van der Waals surface area contributed by atoms with Gasteiger partial charge in [0.15, 0.2) is 0 Å². The summed E-state index contributed by atoms with van der Waals surface area (Å²) >= 11 is 1.21. The van der Waals surface area contributed by atoms with Crippen molar-refractivity contribution in [3.05, 3.63) is 52.4 Å². The summed E-state index contributed by atoms with van der Waals surface area (Å²) < 4.78 is 27.1. The van der Waals surface area contributed by atoms with Gasteiger partial charge in [-0.25, -0.2) is 13.1 Å². The molecule has 0 bridgehead atoms. The Labute approximate surface area is 123 Å². The van der Waals surface area contributed by atoms with E-state index in [2.05, 4.69) is 4.72 Å². The molecule has 4 nitrogen and oxygen atoms in total. The fourth-order valence-electron chi connectivity index (χ4n) is 1.89. The van der Waals surface area contributed by atoms with E-state index in [0.29, 0.717) is 23.7 Å². The summed E-state index contributed by atoms with van der Waals surface area (Å²) in [7, 11) is -3.42. The predicted octanol–water partition coefficient (Wildman–Crippen LogP) is 2.04. The number of rotatable bonds is 6. The van der Waals surface area contributed by atoms with Gasteiger partial charge in [-0.05, 0) is 36.6 Å². The van der Waals surface area contributed by atoms with E-state index in [9.17, 15) is 8.42 Å². The first-order valence-corrected chi connectivity index (χ1v) is 8.66. The van der Waals surface area contributed by atoms with Gasteiger partial charge < -0.3 is 5.73 Å². The third-order valence-corrected chi connectivity index (χ3v) is 6.11. The average Bonchev–Trinajstić information content (AvgIpc) is 2.90. The minimum absolute atomic E-state index is 0.322. The van der Waals surface area contributed by atoms with Crippen LogP contribution in [0.4, 0.5) is 0 Å². The molecule has 0 saturated heterocycles. The monoisotopic (exact) mass is 310 g/mol. The van der Waals surface area contributed by atoms with Crippen LogP contribution >= 0.6 is 11.3 Å². The van der Waals surface area contributed by atoms with Crippen LogP contribution in [0, 0.1) is 6.92 Å². The van der Waals surface area contributed by atoms with Gasteiger partial charge in [-0.3, -0.25) is 0 Å². The molecular formula is C14H18N2O2S2. The van der Waals surface area contributed by atoms with Gasteiger partial charge in [-0.2, -0.15) is 0 Å². The first kappa shape index (κ1) is 15.2.